The monoisotopic (exact) mass is 506 g/mol. The van der Waals surface area contributed by atoms with Crippen molar-refractivity contribution in [3.8, 4) is 6.07 Å². The Morgan fingerprint density at radius 3 is 2.53 bits per heavy atom. The van der Waals surface area contributed by atoms with Crippen LogP contribution in [0.5, 0.6) is 0 Å². The molecule has 2 aromatic heterocycles. The molecule has 4 rings (SSSR count). The molecule has 1 aliphatic heterocycles. The Hall–Kier alpha value is -3.97. The van der Waals surface area contributed by atoms with Gasteiger partial charge in [0.05, 0.1) is 23.0 Å². The van der Waals surface area contributed by atoms with E-state index < -0.39 is 20.3 Å². The van der Waals surface area contributed by atoms with E-state index in [4.69, 9.17) is 9.72 Å². The minimum atomic E-state index is -4.16. The third kappa shape index (κ3) is 4.75. The summed E-state index contributed by atoms with van der Waals surface area (Å²) in [6, 6.07) is 12.9. The molecular weight excluding hydrogens is 480 g/mol. The number of piperidine rings is 1. The van der Waals surface area contributed by atoms with Crippen LogP contribution in [-0.4, -0.2) is 43.5 Å². The average Bonchev–Trinajstić information content (AvgIpc) is 2.89. The number of nitriles is 1. The van der Waals surface area contributed by atoms with Crippen LogP contribution in [0, 0.1) is 24.2 Å². The van der Waals surface area contributed by atoms with E-state index in [-0.39, 0.29) is 28.2 Å². The molecule has 36 heavy (non-hydrogen) atoms. The van der Waals surface area contributed by atoms with Gasteiger partial charge in [-0.3, -0.25) is 14.0 Å². The van der Waals surface area contributed by atoms with Crippen LogP contribution in [0.4, 0.5) is 5.82 Å². The van der Waals surface area contributed by atoms with Gasteiger partial charge in [-0.05, 0) is 56.5 Å². The average molecular weight is 507 g/mol. The maximum atomic E-state index is 13.6. The normalized spacial score (nSPS) is 15.0. The van der Waals surface area contributed by atoms with Gasteiger partial charge in [-0.1, -0.05) is 24.3 Å². The summed E-state index contributed by atoms with van der Waals surface area (Å²) in [7, 11) is -4.16. The first-order chi connectivity index (χ1) is 17.3. The molecule has 0 bridgehead atoms. The number of allylic oxidation sites excluding steroid dienone is 1. The molecule has 3 heterocycles. The second-order valence-corrected chi connectivity index (χ2v) is 10.4. The number of hydrogen-bond donors (Lipinski definition) is 0. The second kappa shape index (κ2) is 10.3. The number of carbonyl (C=O) groups is 1. The summed E-state index contributed by atoms with van der Waals surface area (Å²) < 4.78 is 32.9. The lowest BCUT2D eigenvalue weighted by molar-refractivity contribution is -0.148. The highest BCUT2D eigenvalue weighted by molar-refractivity contribution is 7.95. The zero-order chi connectivity index (χ0) is 25.9. The minimum Gasteiger partial charge on any atom is -0.466 e. The maximum absolute atomic E-state index is 13.6. The molecule has 0 aliphatic carbocycles. The Labute approximate surface area is 209 Å². The molecule has 0 spiro atoms. The number of rotatable bonds is 6. The van der Waals surface area contributed by atoms with Crippen molar-refractivity contribution >= 4 is 33.3 Å². The van der Waals surface area contributed by atoms with E-state index in [1.807, 2.05) is 17.9 Å². The zero-order valence-electron chi connectivity index (χ0n) is 20.0. The lowest BCUT2D eigenvalue weighted by Crippen LogP contribution is -2.39. The van der Waals surface area contributed by atoms with Crippen molar-refractivity contribution in [2.45, 2.75) is 31.6 Å². The number of anilines is 1. The molecule has 1 aliphatic rings. The van der Waals surface area contributed by atoms with Crippen molar-refractivity contribution in [1.82, 2.24) is 9.38 Å². The van der Waals surface area contributed by atoms with E-state index in [9.17, 15) is 23.3 Å². The highest BCUT2D eigenvalue weighted by Gasteiger charge is 2.29. The van der Waals surface area contributed by atoms with E-state index in [1.54, 1.807) is 43.5 Å². The Balaban J connectivity index is 1.85. The Kier molecular flexibility index (Phi) is 7.22. The van der Waals surface area contributed by atoms with Gasteiger partial charge in [0.15, 0.2) is 0 Å². The molecular formula is C26H26N4O5S. The molecule has 1 aromatic carbocycles. The first kappa shape index (κ1) is 25.1. The van der Waals surface area contributed by atoms with Crippen LogP contribution in [0.25, 0.3) is 11.7 Å². The minimum absolute atomic E-state index is 0.00346. The third-order valence-electron chi connectivity index (χ3n) is 6.21. The van der Waals surface area contributed by atoms with E-state index in [1.165, 1.54) is 16.5 Å². The fraction of sp³-hybridized carbons (Fsp3) is 0.308. The van der Waals surface area contributed by atoms with Crippen LogP contribution in [-0.2, 0) is 19.4 Å². The van der Waals surface area contributed by atoms with Gasteiger partial charge in [0.1, 0.15) is 22.4 Å². The van der Waals surface area contributed by atoms with Gasteiger partial charge in [0.2, 0.25) is 9.84 Å². The Morgan fingerprint density at radius 1 is 1.19 bits per heavy atom. The molecule has 10 heteroatoms. The summed E-state index contributed by atoms with van der Waals surface area (Å²) >= 11 is 0. The lowest BCUT2D eigenvalue weighted by atomic mass is 9.96. The highest BCUT2D eigenvalue weighted by atomic mass is 32.2. The summed E-state index contributed by atoms with van der Waals surface area (Å²) in [5.41, 5.74) is 0.725. The number of ether oxygens (including phenoxy) is 1. The van der Waals surface area contributed by atoms with Crippen LogP contribution in [0.1, 0.15) is 30.9 Å². The van der Waals surface area contributed by atoms with Gasteiger partial charge < -0.3 is 9.64 Å². The van der Waals surface area contributed by atoms with E-state index >= 15 is 0 Å². The maximum Gasteiger partial charge on any atom is 0.309 e. The Bertz CT molecular complexity index is 1530. The molecule has 3 aromatic rings. The van der Waals surface area contributed by atoms with Crippen molar-refractivity contribution in [3.63, 3.8) is 0 Å². The number of hydrogen-bond acceptors (Lipinski definition) is 8. The Morgan fingerprint density at radius 2 is 1.89 bits per heavy atom. The largest absolute Gasteiger partial charge is 0.466 e. The molecule has 0 amide bonds. The predicted octanol–water partition coefficient (Wildman–Crippen LogP) is 3.12. The third-order valence-corrected chi connectivity index (χ3v) is 7.89. The van der Waals surface area contributed by atoms with Gasteiger partial charge in [-0.2, -0.15) is 5.26 Å². The number of sulfone groups is 1. The molecule has 1 fully saturated rings. The lowest BCUT2D eigenvalue weighted by Gasteiger charge is -2.32. The first-order valence-electron chi connectivity index (χ1n) is 11.6. The van der Waals surface area contributed by atoms with Crippen molar-refractivity contribution in [1.29, 1.82) is 5.26 Å². The summed E-state index contributed by atoms with van der Waals surface area (Å²) in [5, 5.41) is 9.79. The fourth-order valence-corrected chi connectivity index (χ4v) is 5.45. The van der Waals surface area contributed by atoms with Gasteiger partial charge in [-0.15, -0.1) is 0 Å². The van der Waals surface area contributed by atoms with Crippen molar-refractivity contribution in [3.05, 3.63) is 75.0 Å². The van der Waals surface area contributed by atoms with Crippen LogP contribution >= 0.6 is 0 Å². The van der Waals surface area contributed by atoms with Crippen molar-refractivity contribution in [2.75, 3.05) is 24.6 Å². The number of aromatic nitrogens is 2. The van der Waals surface area contributed by atoms with Crippen molar-refractivity contribution < 1.29 is 17.9 Å². The molecule has 1 saturated heterocycles. The van der Waals surface area contributed by atoms with Crippen molar-refractivity contribution in [2.24, 2.45) is 5.92 Å². The number of esters is 1. The van der Waals surface area contributed by atoms with Crippen LogP contribution in [0.3, 0.4) is 0 Å². The summed E-state index contributed by atoms with van der Waals surface area (Å²) in [4.78, 5) is 31.8. The summed E-state index contributed by atoms with van der Waals surface area (Å²) in [6.07, 6.45) is 3.68. The molecule has 0 N–H and O–H groups in total. The number of nitrogens with zero attached hydrogens (tertiary/aromatic N) is 4. The van der Waals surface area contributed by atoms with E-state index in [0.717, 1.165) is 11.6 Å². The van der Waals surface area contributed by atoms with Gasteiger partial charge in [-0.25, -0.2) is 13.4 Å². The topological polar surface area (TPSA) is 122 Å². The molecule has 0 atom stereocenters. The van der Waals surface area contributed by atoms with Crippen LogP contribution in [0.2, 0.25) is 0 Å². The standard InChI is InChI=1S/C26H26N4O5S/c1-3-35-26(32)19-11-14-29(15-12-19)24-22(25(31)30-13-7-8-18(2)23(30)28-24)16-21(17-27)36(33,34)20-9-5-4-6-10-20/h4-10,13,16,19H,3,11-12,14-15H2,1-2H3/b21-16+. The molecule has 0 saturated carbocycles. The summed E-state index contributed by atoms with van der Waals surface area (Å²) in [5.74, 6) is -0.218. The van der Waals surface area contributed by atoms with E-state index in [0.29, 0.717) is 38.2 Å². The SMILES string of the molecule is CCOC(=O)C1CCN(c2nc3c(C)cccn3c(=O)c2/C=C(\C#N)S(=O)(=O)c2ccccc2)CC1. The van der Waals surface area contributed by atoms with Gasteiger partial charge >= 0.3 is 5.97 Å². The quantitative estimate of drug-likeness (QED) is 0.369. The van der Waals surface area contributed by atoms with Gasteiger partial charge in [0.25, 0.3) is 5.56 Å². The number of benzene rings is 1. The molecule has 0 radical (unpaired) electrons. The number of fused-ring (bicyclic) bond motifs is 1. The smallest absolute Gasteiger partial charge is 0.309 e. The predicted molar refractivity (Wildman–Crippen MR) is 135 cm³/mol. The molecule has 9 nitrogen and oxygen atoms in total. The van der Waals surface area contributed by atoms with Crippen LogP contribution < -0.4 is 10.5 Å². The van der Waals surface area contributed by atoms with E-state index in [2.05, 4.69) is 0 Å². The number of carbonyl (C=O) groups excluding carboxylic acids is 1. The van der Waals surface area contributed by atoms with Crippen LogP contribution in [0.15, 0.2) is 63.3 Å². The number of pyridine rings is 1. The highest BCUT2D eigenvalue weighted by Crippen LogP contribution is 2.28. The fourth-order valence-electron chi connectivity index (χ4n) is 4.28. The molecule has 0 unspecified atom stereocenters. The van der Waals surface area contributed by atoms with Gasteiger partial charge in [0, 0.05) is 19.3 Å². The molecule has 186 valence electrons. The number of aryl methyl sites for hydroxylation is 1. The first-order valence-corrected chi connectivity index (χ1v) is 13.1. The summed E-state index contributed by atoms with van der Waals surface area (Å²) in [6.45, 7) is 4.74. The second-order valence-electron chi connectivity index (χ2n) is 8.49. The zero-order valence-corrected chi connectivity index (χ0v) is 20.9.